The molecule has 0 unspecified atom stereocenters. The van der Waals surface area contributed by atoms with Crippen molar-refractivity contribution in [1.82, 2.24) is 0 Å². The standard InChI is InChI=1S/C44H42Br4O10/c1-24(2)34-21-4-25(3)22-35(34)54-44-39(58-43(52)29-11-19-33(48)20-12-29)38(57-42(51)28-9-17-32(47)18-10-28)37(56-41(50)27-7-15-31(46)16-8-27)36(55-44)23-53-40(49)26-5-13-30(45)14-6-26/h5-20,24-25,34-39,44H,4,21-23H2,1-3H3/t25-,34+,35-,36+,37-,38-,39+,44+/m0/s1. The third kappa shape index (κ3) is 11.4. The van der Waals surface area contributed by atoms with Crippen molar-refractivity contribution in [1.29, 1.82) is 0 Å². The first-order valence-electron chi connectivity index (χ1n) is 18.9. The molecule has 6 rings (SSSR count). The summed E-state index contributed by atoms with van der Waals surface area (Å²) in [6, 6.07) is 26.2. The second kappa shape index (κ2) is 20.2. The van der Waals surface area contributed by atoms with Crippen LogP contribution in [0.5, 0.6) is 0 Å². The van der Waals surface area contributed by atoms with E-state index in [4.69, 9.17) is 28.4 Å². The molecular weight excluding hydrogens is 1010 g/mol. The number of halogens is 4. The van der Waals surface area contributed by atoms with Gasteiger partial charge in [-0.1, -0.05) is 90.9 Å². The summed E-state index contributed by atoms with van der Waals surface area (Å²) in [5.74, 6) is -2.28. The van der Waals surface area contributed by atoms with Crippen molar-refractivity contribution in [2.75, 3.05) is 6.61 Å². The Morgan fingerprint density at radius 1 is 0.586 bits per heavy atom. The van der Waals surface area contributed by atoms with Gasteiger partial charge in [0.15, 0.2) is 24.6 Å². The normalized spacial score (nSPS) is 24.4. The van der Waals surface area contributed by atoms with Crippen LogP contribution in [0.15, 0.2) is 115 Å². The maximum Gasteiger partial charge on any atom is 0.338 e. The first-order chi connectivity index (χ1) is 27.7. The summed E-state index contributed by atoms with van der Waals surface area (Å²) >= 11 is 13.6. The number of benzene rings is 4. The van der Waals surface area contributed by atoms with Crippen LogP contribution in [0.1, 0.15) is 81.5 Å². The molecule has 1 saturated heterocycles. The highest BCUT2D eigenvalue weighted by molar-refractivity contribution is 9.11. The van der Waals surface area contributed by atoms with Gasteiger partial charge in [0.2, 0.25) is 0 Å². The minimum atomic E-state index is -1.51. The van der Waals surface area contributed by atoms with Crippen molar-refractivity contribution in [3.05, 3.63) is 137 Å². The molecule has 0 amide bonds. The van der Waals surface area contributed by atoms with Gasteiger partial charge in [-0.3, -0.25) is 0 Å². The molecule has 10 nitrogen and oxygen atoms in total. The predicted molar refractivity (Wildman–Crippen MR) is 229 cm³/mol. The van der Waals surface area contributed by atoms with E-state index in [9.17, 15) is 19.2 Å². The lowest BCUT2D eigenvalue weighted by molar-refractivity contribution is -0.315. The Morgan fingerprint density at radius 3 is 1.41 bits per heavy atom. The van der Waals surface area contributed by atoms with E-state index >= 15 is 0 Å². The van der Waals surface area contributed by atoms with E-state index in [0.717, 1.165) is 30.7 Å². The molecule has 1 saturated carbocycles. The zero-order valence-corrected chi connectivity index (χ0v) is 38.2. The van der Waals surface area contributed by atoms with E-state index < -0.39 is 61.2 Å². The molecule has 8 atom stereocenters. The smallest absolute Gasteiger partial charge is 0.338 e. The molecule has 2 fully saturated rings. The molecule has 2 aliphatic rings. The van der Waals surface area contributed by atoms with Crippen LogP contribution in [0.2, 0.25) is 0 Å². The fraction of sp³-hybridized carbons (Fsp3) is 0.364. The fourth-order valence-corrected chi connectivity index (χ4v) is 8.18. The molecule has 4 aromatic rings. The molecule has 1 heterocycles. The lowest BCUT2D eigenvalue weighted by Crippen LogP contribution is -2.64. The van der Waals surface area contributed by atoms with Gasteiger partial charge in [-0.2, -0.15) is 0 Å². The average molecular weight is 1050 g/mol. The van der Waals surface area contributed by atoms with Gasteiger partial charge in [-0.05, 0) is 128 Å². The van der Waals surface area contributed by atoms with Gasteiger partial charge in [0, 0.05) is 17.9 Å². The van der Waals surface area contributed by atoms with Gasteiger partial charge in [-0.25, -0.2) is 19.2 Å². The molecule has 1 aliphatic heterocycles. The molecule has 0 N–H and O–H groups in total. The third-order valence-electron chi connectivity index (χ3n) is 10.3. The second-order valence-corrected chi connectivity index (χ2v) is 18.4. The number of hydrogen-bond acceptors (Lipinski definition) is 10. The first-order valence-corrected chi connectivity index (χ1v) is 22.1. The zero-order chi connectivity index (χ0) is 41.5. The zero-order valence-electron chi connectivity index (χ0n) is 31.9. The van der Waals surface area contributed by atoms with Crippen LogP contribution in [0.4, 0.5) is 0 Å². The number of esters is 4. The number of ether oxygens (including phenoxy) is 6. The maximum absolute atomic E-state index is 14.1. The van der Waals surface area contributed by atoms with Crippen molar-refractivity contribution in [3.63, 3.8) is 0 Å². The van der Waals surface area contributed by atoms with E-state index in [-0.39, 0.29) is 40.2 Å². The Kier molecular flexibility index (Phi) is 15.4. The van der Waals surface area contributed by atoms with Gasteiger partial charge < -0.3 is 28.4 Å². The van der Waals surface area contributed by atoms with Crippen LogP contribution in [-0.4, -0.2) is 67.3 Å². The Hall–Kier alpha value is -3.40. The molecule has 58 heavy (non-hydrogen) atoms. The van der Waals surface area contributed by atoms with Crippen molar-refractivity contribution in [2.24, 2.45) is 17.8 Å². The average Bonchev–Trinajstić information content (AvgIpc) is 3.20. The lowest BCUT2D eigenvalue weighted by Gasteiger charge is -2.47. The molecule has 0 aromatic heterocycles. The van der Waals surface area contributed by atoms with Gasteiger partial charge in [0.1, 0.15) is 12.7 Å². The monoisotopic (exact) mass is 1050 g/mol. The van der Waals surface area contributed by atoms with Gasteiger partial charge >= 0.3 is 23.9 Å². The van der Waals surface area contributed by atoms with Crippen LogP contribution < -0.4 is 0 Å². The third-order valence-corrected chi connectivity index (χ3v) is 12.4. The minimum absolute atomic E-state index is 0.132. The molecule has 1 aliphatic carbocycles. The largest absolute Gasteiger partial charge is 0.459 e. The maximum atomic E-state index is 14.1. The quantitative estimate of drug-likeness (QED) is 0.100. The molecule has 0 spiro atoms. The minimum Gasteiger partial charge on any atom is -0.459 e. The van der Waals surface area contributed by atoms with Gasteiger partial charge in [0.25, 0.3) is 0 Å². The fourth-order valence-electron chi connectivity index (χ4n) is 7.13. The Labute approximate surface area is 371 Å². The van der Waals surface area contributed by atoms with E-state index in [1.54, 1.807) is 97.1 Å². The summed E-state index contributed by atoms with van der Waals surface area (Å²) in [6.07, 6.45) is -4.75. The first kappa shape index (κ1) is 44.2. The van der Waals surface area contributed by atoms with Gasteiger partial charge in [-0.15, -0.1) is 0 Å². The number of carbonyl (C=O) groups excluding carboxylic acids is 4. The van der Waals surface area contributed by atoms with Crippen LogP contribution in [0.25, 0.3) is 0 Å². The van der Waals surface area contributed by atoms with Crippen molar-refractivity contribution >= 4 is 87.6 Å². The number of rotatable bonds is 12. The molecule has 4 aromatic carbocycles. The molecule has 14 heteroatoms. The van der Waals surface area contributed by atoms with Crippen molar-refractivity contribution in [2.45, 2.75) is 76.8 Å². The van der Waals surface area contributed by atoms with Gasteiger partial charge in [0.05, 0.1) is 28.4 Å². The van der Waals surface area contributed by atoms with E-state index in [1.807, 2.05) is 0 Å². The predicted octanol–water partition coefficient (Wildman–Crippen LogP) is 10.8. The topological polar surface area (TPSA) is 124 Å². The highest BCUT2D eigenvalue weighted by Gasteiger charge is 2.54. The highest BCUT2D eigenvalue weighted by atomic mass is 79.9. The molecule has 306 valence electrons. The van der Waals surface area contributed by atoms with Crippen LogP contribution in [0.3, 0.4) is 0 Å². The van der Waals surface area contributed by atoms with Crippen LogP contribution in [-0.2, 0) is 28.4 Å². The summed E-state index contributed by atoms with van der Waals surface area (Å²) in [6.45, 7) is 5.98. The van der Waals surface area contributed by atoms with Crippen molar-refractivity contribution < 1.29 is 47.6 Å². The van der Waals surface area contributed by atoms with Crippen LogP contribution >= 0.6 is 63.7 Å². The number of hydrogen-bond donors (Lipinski definition) is 0. The van der Waals surface area contributed by atoms with Crippen molar-refractivity contribution in [3.8, 4) is 0 Å². The molecular formula is C44H42Br4O10. The van der Waals surface area contributed by atoms with E-state index in [1.165, 1.54) is 0 Å². The van der Waals surface area contributed by atoms with Crippen LogP contribution in [0, 0.1) is 17.8 Å². The summed E-state index contributed by atoms with van der Waals surface area (Å²) in [5, 5.41) is 0. The summed E-state index contributed by atoms with van der Waals surface area (Å²) in [7, 11) is 0. The Bertz CT molecular complexity index is 2040. The lowest BCUT2D eigenvalue weighted by atomic mass is 9.75. The summed E-state index contributed by atoms with van der Waals surface area (Å²) < 4.78 is 41.0. The Morgan fingerprint density at radius 2 is 0.983 bits per heavy atom. The molecule has 0 radical (unpaired) electrons. The number of carbonyl (C=O) groups is 4. The molecule has 0 bridgehead atoms. The van der Waals surface area contributed by atoms with E-state index in [0.29, 0.717) is 12.3 Å². The SMILES string of the molecule is CC(C)[C@H]1CC[C@H](C)C[C@@H]1O[C@@H]1O[C@H](COC(=O)c2ccc(Br)cc2)[C@H](OC(=O)c2ccc(Br)cc2)[C@H](OC(=O)c2ccc(Br)cc2)[C@H]1OC(=O)c1ccc(Br)cc1. The Balaban J connectivity index is 1.44. The summed E-state index contributed by atoms with van der Waals surface area (Å²) in [4.78, 5) is 55.4. The van der Waals surface area contributed by atoms with E-state index in [2.05, 4.69) is 84.5 Å². The summed E-state index contributed by atoms with van der Waals surface area (Å²) in [5.41, 5.74) is 0.845. The highest BCUT2D eigenvalue weighted by Crippen LogP contribution is 2.39. The second-order valence-electron chi connectivity index (χ2n) is 14.8.